The van der Waals surface area contributed by atoms with Crippen LogP contribution < -0.4 is 24.8 Å². The Morgan fingerprint density at radius 1 is 0.886 bits per heavy atom. The Labute approximate surface area is 201 Å². The van der Waals surface area contributed by atoms with Crippen LogP contribution in [0.4, 0.5) is 15.8 Å². The van der Waals surface area contributed by atoms with Crippen LogP contribution in [-0.2, 0) is 10.0 Å². The van der Waals surface area contributed by atoms with E-state index < -0.39 is 27.7 Å². The summed E-state index contributed by atoms with van der Waals surface area (Å²) in [6.45, 7) is 3.43. The lowest BCUT2D eigenvalue weighted by atomic mass is 10.1. The smallest absolute Gasteiger partial charge is 0.255 e. The van der Waals surface area contributed by atoms with Crippen molar-refractivity contribution < 1.29 is 31.9 Å². The number of amides is 2. The normalized spacial score (nSPS) is 12.5. The zero-order chi connectivity index (χ0) is 25.2. The topological polar surface area (TPSA) is 123 Å². The monoisotopic (exact) mass is 499 g/mol. The minimum absolute atomic E-state index is 0.0193. The Kier molecular flexibility index (Phi) is 6.72. The van der Waals surface area contributed by atoms with E-state index in [9.17, 15) is 22.4 Å². The molecule has 0 saturated heterocycles. The third kappa shape index (κ3) is 5.58. The van der Waals surface area contributed by atoms with Crippen molar-refractivity contribution in [2.75, 3.05) is 17.4 Å². The molecule has 0 spiro atoms. The highest BCUT2D eigenvalue weighted by atomic mass is 32.2. The predicted molar refractivity (Wildman–Crippen MR) is 127 cm³/mol. The highest BCUT2D eigenvalue weighted by Gasteiger charge is 2.19. The van der Waals surface area contributed by atoms with Crippen molar-refractivity contribution in [2.24, 2.45) is 0 Å². The van der Waals surface area contributed by atoms with Gasteiger partial charge in [-0.3, -0.25) is 9.59 Å². The van der Waals surface area contributed by atoms with Crippen LogP contribution in [0, 0.1) is 5.82 Å². The summed E-state index contributed by atoms with van der Waals surface area (Å²) in [6.07, 6.45) is 0. The minimum Gasteiger partial charge on any atom is -0.454 e. The summed E-state index contributed by atoms with van der Waals surface area (Å²) < 4.78 is 52.1. The number of hydrogen-bond donors (Lipinski definition) is 3. The molecule has 0 aliphatic carbocycles. The van der Waals surface area contributed by atoms with Gasteiger partial charge in [0.05, 0.1) is 10.6 Å². The van der Waals surface area contributed by atoms with Gasteiger partial charge in [-0.25, -0.2) is 17.5 Å². The van der Waals surface area contributed by atoms with E-state index in [-0.39, 0.29) is 34.7 Å². The molecule has 2 amide bonds. The van der Waals surface area contributed by atoms with Crippen LogP contribution in [0.5, 0.6) is 11.5 Å². The third-order valence-electron chi connectivity index (χ3n) is 4.90. The number of carbonyl (C=O) groups is 2. The predicted octanol–water partition coefficient (Wildman–Crippen LogP) is 3.75. The molecule has 0 radical (unpaired) electrons. The van der Waals surface area contributed by atoms with Crippen LogP contribution in [0.3, 0.4) is 0 Å². The number of hydrogen-bond acceptors (Lipinski definition) is 6. The summed E-state index contributed by atoms with van der Waals surface area (Å²) in [7, 11) is -3.82. The van der Waals surface area contributed by atoms with Crippen LogP contribution in [0.1, 0.15) is 34.6 Å². The van der Waals surface area contributed by atoms with Gasteiger partial charge in [0.1, 0.15) is 5.82 Å². The number of benzene rings is 3. The van der Waals surface area contributed by atoms with Gasteiger partial charge in [0.25, 0.3) is 11.8 Å². The molecule has 0 bridgehead atoms. The second-order valence-electron chi connectivity index (χ2n) is 7.97. The summed E-state index contributed by atoms with van der Waals surface area (Å²) in [5.74, 6) is -0.945. The lowest BCUT2D eigenvalue weighted by molar-refractivity contribution is 0.101. The van der Waals surface area contributed by atoms with Gasteiger partial charge in [0.15, 0.2) is 11.5 Å². The van der Waals surface area contributed by atoms with Gasteiger partial charge >= 0.3 is 0 Å². The van der Waals surface area contributed by atoms with E-state index in [4.69, 9.17) is 9.47 Å². The fraction of sp³-hybridized carbons (Fsp3) is 0.167. The Morgan fingerprint density at radius 3 is 2.37 bits per heavy atom. The molecule has 4 rings (SSSR count). The first-order valence-electron chi connectivity index (χ1n) is 10.6. The van der Waals surface area contributed by atoms with Gasteiger partial charge in [-0.1, -0.05) is 6.07 Å². The average molecular weight is 500 g/mol. The molecule has 35 heavy (non-hydrogen) atoms. The van der Waals surface area contributed by atoms with E-state index in [1.807, 2.05) is 0 Å². The zero-order valence-electron chi connectivity index (χ0n) is 18.8. The van der Waals surface area contributed by atoms with Gasteiger partial charge in [-0.2, -0.15) is 0 Å². The van der Waals surface area contributed by atoms with Gasteiger partial charge in [-0.15, -0.1) is 0 Å². The molecule has 1 heterocycles. The van der Waals surface area contributed by atoms with Crippen LogP contribution in [0.2, 0.25) is 0 Å². The molecule has 3 aromatic carbocycles. The lowest BCUT2D eigenvalue weighted by Crippen LogP contribution is -2.30. The number of fused-ring (bicyclic) bond motifs is 1. The molecule has 0 saturated carbocycles. The van der Waals surface area contributed by atoms with E-state index in [2.05, 4.69) is 15.4 Å². The lowest BCUT2D eigenvalue weighted by Gasteiger charge is -2.12. The number of nitrogens with one attached hydrogen (secondary N) is 3. The molecule has 11 heteroatoms. The van der Waals surface area contributed by atoms with Crippen molar-refractivity contribution in [3.8, 4) is 11.5 Å². The fourth-order valence-corrected chi connectivity index (χ4v) is 4.61. The summed E-state index contributed by atoms with van der Waals surface area (Å²) in [6, 6.07) is 13.5. The molecule has 0 atom stereocenters. The molecular formula is C24H22FN3O6S. The first-order valence-corrected chi connectivity index (χ1v) is 12.0. The maximum atomic E-state index is 14.4. The molecular weight excluding hydrogens is 477 g/mol. The van der Waals surface area contributed by atoms with Gasteiger partial charge in [0.2, 0.25) is 16.8 Å². The SMILES string of the molecule is CC(C)NS(=O)(=O)c1cccc(C(=O)Nc2cc(NC(=O)c3ccc4c(c3)OCO4)ccc2F)c1. The van der Waals surface area contributed by atoms with Crippen molar-refractivity contribution in [3.05, 3.63) is 77.6 Å². The van der Waals surface area contributed by atoms with Crippen molar-refractivity contribution in [1.29, 1.82) is 0 Å². The number of ether oxygens (including phenoxy) is 2. The molecule has 182 valence electrons. The molecule has 0 aromatic heterocycles. The maximum absolute atomic E-state index is 14.4. The fourth-order valence-electron chi connectivity index (χ4n) is 3.32. The molecule has 1 aliphatic heterocycles. The van der Waals surface area contributed by atoms with Crippen molar-refractivity contribution >= 4 is 33.2 Å². The summed E-state index contributed by atoms with van der Waals surface area (Å²) >= 11 is 0. The Bertz CT molecular complexity index is 1410. The number of anilines is 2. The van der Waals surface area contributed by atoms with E-state index in [1.165, 1.54) is 42.5 Å². The van der Waals surface area contributed by atoms with Crippen LogP contribution in [0.15, 0.2) is 65.6 Å². The second kappa shape index (κ2) is 9.72. The first-order chi connectivity index (χ1) is 16.6. The van der Waals surface area contributed by atoms with E-state index >= 15 is 0 Å². The highest BCUT2D eigenvalue weighted by Crippen LogP contribution is 2.32. The van der Waals surface area contributed by atoms with Gasteiger partial charge < -0.3 is 20.1 Å². The third-order valence-corrected chi connectivity index (χ3v) is 6.56. The van der Waals surface area contributed by atoms with Gasteiger partial charge in [-0.05, 0) is 68.4 Å². The van der Waals surface area contributed by atoms with E-state index in [1.54, 1.807) is 26.0 Å². The summed E-state index contributed by atoms with van der Waals surface area (Å²) in [4.78, 5) is 25.2. The summed E-state index contributed by atoms with van der Waals surface area (Å²) in [5, 5.41) is 5.05. The molecule has 0 fully saturated rings. The molecule has 9 nitrogen and oxygen atoms in total. The Hall–Kier alpha value is -3.96. The number of carbonyl (C=O) groups excluding carboxylic acids is 2. The molecule has 0 unspecified atom stereocenters. The van der Waals surface area contributed by atoms with Crippen molar-refractivity contribution in [2.45, 2.75) is 24.8 Å². The largest absolute Gasteiger partial charge is 0.454 e. The number of rotatable bonds is 7. The van der Waals surface area contributed by atoms with E-state index in [0.29, 0.717) is 17.1 Å². The minimum atomic E-state index is -3.82. The zero-order valence-corrected chi connectivity index (χ0v) is 19.6. The van der Waals surface area contributed by atoms with Crippen molar-refractivity contribution in [1.82, 2.24) is 4.72 Å². The van der Waals surface area contributed by atoms with Gasteiger partial charge in [0, 0.05) is 22.9 Å². The molecule has 3 aromatic rings. The quantitative estimate of drug-likeness (QED) is 0.455. The Balaban J connectivity index is 1.50. The number of sulfonamides is 1. The number of halogens is 1. The van der Waals surface area contributed by atoms with E-state index in [0.717, 1.165) is 6.07 Å². The molecule has 1 aliphatic rings. The second-order valence-corrected chi connectivity index (χ2v) is 9.69. The van der Waals surface area contributed by atoms with Crippen LogP contribution in [-0.4, -0.2) is 33.1 Å². The average Bonchev–Trinajstić information content (AvgIpc) is 3.28. The molecule has 3 N–H and O–H groups in total. The summed E-state index contributed by atoms with van der Waals surface area (Å²) in [5.41, 5.74) is 0.372. The first kappa shape index (κ1) is 24.2. The van der Waals surface area contributed by atoms with Crippen LogP contribution in [0.25, 0.3) is 0 Å². The van der Waals surface area contributed by atoms with Crippen molar-refractivity contribution in [3.63, 3.8) is 0 Å². The maximum Gasteiger partial charge on any atom is 0.255 e. The standard InChI is InChI=1S/C24H22FN3O6S/c1-14(2)28-35(31,32)18-5-3-4-15(10-18)24(30)27-20-12-17(7-8-19(20)25)26-23(29)16-6-9-21-22(11-16)34-13-33-21/h3-12,14,28H,13H2,1-2H3,(H,26,29)(H,27,30). The Morgan fingerprint density at radius 2 is 1.60 bits per heavy atom. The van der Waals surface area contributed by atoms with Crippen LogP contribution >= 0.6 is 0 Å². The highest BCUT2D eigenvalue weighted by molar-refractivity contribution is 7.89.